The molecule has 0 spiro atoms. The summed E-state index contributed by atoms with van der Waals surface area (Å²) in [6, 6.07) is 9.18. The molecule has 0 radical (unpaired) electrons. The minimum Gasteiger partial charge on any atom is -0.447 e. The number of hydrogen-bond acceptors (Lipinski definition) is 5. The van der Waals surface area contributed by atoms with E-state index in [1.807, 2.05) is 30.3 Å². The first-order valence-corrected chi connectivity index (χ1v) is 8.14. The number of amides is 3. The lowest BCUT2D eigenvalue weighted by atomic mass is 10.1. The molecule has 0 aliphatic carbocycles. The molecule has 1 atom stereocenters. The van der Waals surface area contributed by atoms with Gasteiger partial charge < -0.3 is 14.4 Å². The monoisotopic (exact) mass is 348 g/mol. The Morgan fingerprint density at radius 2 is 1.92 bits per heavy atom. The van der Waals surface area contributed by atoms with Crippen LogP contribution < -0.4 is 0 Å². The van der Waals surface area contributed by atoms with Crippen LogP contribution in [-0.2, 0) is 20.7 Å². The van der Waals surface area contributed by atoms with E-state index in [0.29, 0.717) is 6.42 Å². The maximum absolute atomic E-state index is 12.5. The molecule has 0 aromatic heterocycles. The van der Waals surface area contributed by atoms with Gasteiger partial charge in [-0.05, 0) is 32.8 Å². The SMILES string of the molecule is CN(CC(=O)N1C(=O)OC[C@@H]1Cc1ccccc1)C(=O)OC(C)(C)C. The number of carbonyl (C=O) groups is 3. The third-order valence-corrected chi connectivity index (χ3v) is 3.62. The summed E-state index contributed by atoms with van der Waals surface area (Å²) in [5.41, 5.74) is 0.348. The largest absolute Gasteiger partial charge is 0.447 e. The summed E-state index contributed by atoms with van der Waals surface area (Å²) in [6.45, 7) is 5.13. The molecule has 0 saturated carbocycles. The molecule has 0 N–H and O–H groups in total. The molecule has 1 aliphatic heterocycles. The maximum Gasteiger partial charge on any atom is 0.417 e. The van der Waals surface area contributed by atoms with E-state index in [4.69, 9.17) is 9.47 Å². The predicted molar refractivity (Wildman–Crippen MR) is 91.0 cm³/mol. The van der Waals surface area contributed by atoms with Gasteiger partial charge in [-0.2, -0.15) is 0 Å². The summed E-state index contributed by atoms with van der Waals surface area (Å²) < 4.78 is 10.2. The quantitative estimate of drug-likeness (QED) is 0.835. The molecular formula is C18H24N2O5. The minimum atomic E-state index is -0.677. The standard InChI is InChI=1S/C18H24N2O5/c1-18(2,3)25-16(22)19(4)11-15(21)20-14(12-24-17(20)23)10-13-8-6-5-7-9-13/h5-9,14H,10-12H2,1-4H3/t14-/m0/s1. The fourth-order valence-corrected chi connectivity index (χ4v) is 2.49. The van der Waals surface area contributed by atoms with Crippen LogP contribution in [-0.4, -0.2) is 59.7 Å². The molecule has 25 heavy (non-hydrogen) atoms. The van der Waals surface area contributed by atoms with E-state index in [0.717, 1.165) is 15.4 Å². The second-order valence-electron chi connectivity index (χ2n) is 7.02. The number of benzene rings is 1. The molecule has 1 aromatic carbocycles. The Bertz CT molecular complexity index is 639. The van der Waals surface area contributed by atoms with E-state index in [-0.39, 0.29) is 19.2 Å². The van der Waals surface area contributed by atoms with Crippen molar-refractivity contribution in [3.8, 4) is 0 Å². The van der Waals surface area contributed by atoms with Gasteiger partial charge in [-0.25, -0.2) is 14.5 Å². The second kappa shape index (κ2) is 7.55. The molecule has 1 heterocycles. The molecule has 0 bridgehead atoms. The number of carbonyl (C=O) groups excluding carboxylic acids is 3. The molecule has 7 heteroatoms. The highest BCUT2D eigenvalue weighted by atomic mass is 16.6. The summed E-state index contributed by atoms with van der Waals surface area (Å²) in [4.78, 5) is 38.7. The summed E-state index contributed by atoms with van der Waals surface area (Å²) in [6.07, 6.45) is -0.786. The summed E-state index contributed by atoms with van der Waals surface area (Å²) in [7, 11) is 1.46. The Morgan fingerprint density at radius 1 is 1.28 bits per heavy atom. The molecule has 2 rings (SSSR count). The minimum absolute atomic E-state index is 0.148. The molecule has 1 saturated heterocycles. The third-order valence-electron chi connectivity index (χ3n) is 3.62. The molecule has 136 valence electrons. The predicted octanol–water partition coefficient (Wildman–Crippen LogP) is 2.44. The molecule has 1 aliphatic rings. The van der Waals surface area contributed by atoms with Crippen LogP contribution in [0.2, 0.25) is 0 Å². The van der Waals surface area contributed by atoms with E-state index in [2.05, 4.69) is 0 Å². The van der Waals surface area contributed by atoms with Crippen LogP contribution in [0.5, 0.6) is 0 Å². The average molecular weight is 348 g/mol. The first-order chi connectivity index (χ1) is 11.7. The van der Waals surface area contributed by atoms with Crippen LogP contribution in [0.15, 0.2) is 30.3 Å². The maximum atomic E-state index is 12.5. The number of nitrogens with zero attached hydrogens (tertiary/aromatic N) is 2. The van der Waals surface area contributed by atoms with Gasteiger partial charge in [-0.1, -0.05) is 30.3 Å². The molecule has 3 amide bonds. The molecule has 1 fully saturated rings. The van der Waals surface area contributed by atoms with Gasteiger partial charge in [0.05, 0.1) is 6.04 Å². The van der Waals surface area contributed by atoms with Crippen molar-refractivity contribution in [3.63, 3.8) is 0 Å². The third kappa shape index (κ3) is 5.20. The van der Waals surface area contributed by atoms with Crippen LogP contribution in [0.4, 0.5) is 9.59 Å². The lowest BCUT2D eigenvalue weighted by Gasteiger charge is -2.26. The Hall–Kier alpha value is -2.57. The van der Waals surface area contributed by atoms with Gasteiger partial charge in [0.2, 0.25) is 0 Å². The zero-order chi connectivity index (χ0) is 18.6. The fraction of sp³-hybridized carbons (Fsp3) is 0.500. The van der Waals surface area contributed by atoms with Crippen molar-refractivity contribution in [2.75, 3.05) is 20.2 Å². The first-order valence-electron chi connectivity index (χ1n) is 8.14. The van der Waals surface area contributed by atoms with Crippen LogP contribution in [0.1, 0.15) is 26.3 Å². The zero-order valence-corrected chi connectivity index (χ0v) is 15.0. The van der Waals surface area contributed by atoms with Crippen molar-refractivity contribution >= 4 is 18.1 Å². The van der Waals surface area contributed by atoms with Crippen LogP contribution in [0.25, 0.3) is 0 Å². The first kappa shape index (κ1) is 18.8. The van der Waals surface area contributed by atoms with Gasteiger partial charge in [0.15, 0.2) is 0 Å². The van der Waals surface area contributed by atoms with E-state index >= 15 is 0 Å². The fourth-order valence-electron chi connectivity index (χ4n) is 2.49. The van der Waals surface area contributed by atoms with Crippen LogP contribution in [0, 0.1) is 0 Å². The molecule has 7 nitrogen and oxygen atoms in total. The van der Waals surface area contributed by atoms with Crippen molar-refractivity contribution in [1.29, 1.82) is 0 Å². The lowest BCUT2D eigenvalue weighted by Crippen LogP contribution is -2.47. The van der Waals surface area contributed by atoms with Crippen molar-refractivity contribution in [2.45, 2.75) is 38.8 Å². The van der Waals surface area contributed by atoms with E-state index in [1.54, 1.807) is 20.8 Å². The Labute approximate surface area is 147 Å². The highest BCUT2D eigenvalue weighted by molar-refractivity contribution is 5.95. The smallest absolute Gasteiger partial charge is 0.417 e. The number of rotatable bonds is 4. The van der Waals surface area contributed by atoms with Gasteiger partial charge in [0, 0.05) is 7.05 Å². The highest BCUT2D eigenvalue weighted by Gasteiger charge is 2.38. The molecule has 1 aromatic rings. The van der Waals surface area contributed by atoms with Crippen molar-refractivity contribution in [1.82, 2.24) is 9.80 Å². The normalized spacial score (nSPS) is 17.2. The molecule has 0 unspecified atom stereocenters. The van der Waals surface area contributed by atoms with Gasteiger partial charge in [-0.15, -0.1) is 0 Å². The topological polar surface area (TPSA) is 76.2 Å². The summed E-state index contributed by atoms with van der Waals surface area (Å²) in [5, 5.41) is 0. The summed E-state index contributed by atoms with van der Waals surface area (Å²) in [5.74, 6) is -0.489. The van der Waals surface area contributed by atoms with Crippen LogP contribution in [0.3, 0.4) is 0 Å². The number of hydrogen-bond donors (Lipinski definition) is 0. The zero-order valence-electron chi connectivity index (χ0n) is 15.0. The molecular weight excluding hydrogens is 324 g/mol. The second-order valence-corrected chi connectivity index (χ2v) is 7.02. The Balaban J connectivity index is 2.00. The van der Waals surface area contributed by atoms with Crippen molar-refractivity contribution in [3.05, 3.63) is 35.9 Å². The lowest BCUT2D eigenvalue weighted by molar-refractivity contribution is -0.130. The number of cyclic esters (lactones) is 1. The van der Waals surface area contributed by atoms with E-state index < -0.39 is 23.7 Å². The Morgan fingerprint density at radius 3 is 2.52 bits per heavy atom. The van der Waals surface area contributed by atoms with E-state index in [1.165, 1.54) is 7.05 Å². The van der Waals surface area contributed by atoms with E-state index in [9.17, 15) is 14.4 Å². The van der Waals surface area contributed by atoms with Crippen molar-refractivity contribution < 1.29 is 23.9 Å². The number of likely N-dealkylation sites (N-methyl/N-ethyl adjacent to an activating group) is 1. The van der Waals surface area contributed by atoms with Gasteiger partial charge in [0.25, 0.3) is 5.91 Å². The van der Waals surface area contributed by atoms with Crippen molar-refractivity contribution in [2.24, 2.45) is 0 Å². The van der Waals surface area contributed by atoms with Gasteiger partial charge >= 0.3 is 12.2 Å². The van der Waals surface area contributed by atoms with Crippen LogP contribution >= 0.6 is 0 Å². The average Bonchev–Trinajstić information content (AvgIpc) is 2.87. The number of imide groups is 1. The summed E-state index contributed by atoms with van der Waals surface area (Å²) >= 11 is 0. The Kier molecular flexibility index (Phi) is 5.66. The van der Waals surface area contributed by atoms with Gasteiger partial charge in [0.1, 0.15) is 18.8 Å². The van der Waals surface area contributed by atoms with Gasteiger partial charge in [-0.3, -0.25) is 4.79 Å². The highest BCUT2D eigenvalue weighted by Crippen LogP contribution is 2.18. The number of ether oxygens (including phenoxy) is 2.